The fourth-order valence-corrected chi connectivity index (χ4v) is 1.84. The number of aromatic amines is 1. The van der Waals surface area contributed by atoms with Crippen molar-refractivity contribution >= 4 is 11.8 Å². The summed E-state index contributed by atoms with van der Waals surface area (Å²) in [5.41, 5.74) is 0. The van der Waals surface area contributed by atoms with Crippen LogP contribution in [0.3, 0.4) is 0 Å². The van der Waals surface area contributed by atoms with Gasteiger partial charge in [0.15, 0.2) is 0 Å². The van der Waals surface area contributed by atoms with Gasteiger partial charge >= 0.3 is 0 Å². The highest BCUT2D eigenvalue weighted by molar-refractivity contribution is 7.99. The fraction of sp³-hybridized carbons (Fsp3) is 0.571. The quantitative estimate of drug-likeness (QED) is 0.674. The number of nitrogens with one attached hydrogen (secondary N) is 1. The van der Waals surface area contributed by atoms with Gasteiger partial charge in [-0.25, -0.2) is 0 Å². The predicted molar refractivity (Wildman–Crippen MR) is 42.0 cm³/mol. The van der Waals surface area contributed by atoms with E-state index in [0.717, 1.165) is 5.92 Å². The number of hydrogen-bond donors (Lipinski definition) is 1. The lowest BCUT2D eigenvalue weighted by atomic mass is 10.5. The van der Waals surface area contributed by atoms with E-state index in [1.54, 1.807) is 6.20 Å². The van der Waals surface area contributed by atoms with E-state index in [-0.39, 0.29) is 0 Å². The Morgan fingerprint density at radius 2 is 2.60 bits per heavy atom. The van der Waals surface area contributed by atoms with E-state index in [4.69, 9.17) is 0 Å². The van der Waals surface area contributed by atoms with Crippen LogP contribution in [0.5, 0.6) is 0 Å². The molecule has 0 bridgehead atoms. The van der Waals surface area contributed by atoms with Crippen molar-refractivity contribution in [3.8, 4) is 0 Å². The molecule has 1 saturated carbocycles. The van der Waals surface area contributed by atoms with Gasteiger partial charge < -0.3 is 0 Å². The molecule has 0 aromatic carbocycles. The molecule has 0 amide bonds. The summed E-state index contributed by atoms with van der Waals surface area (Å²) >= 11 is 1.88. The van der Waals surface area contributed by atoms with Crippen LogP contribution in [-0.4, -0.2) is 16.0 Å². The van der Waals surface area contributed by atoms with Crippen LogP contribution in [0, 0.1) is 5.92 Å². The van der Waals surface area contributed by atoms with Crippen LogP contribution in [0.4, 0.5) is 0 Å². The number of nitrogens with zero attached hydrogens (tertiary/aromatic N) is 1. The number of H-pyrrole nitrogens is 1. The molecule has 0 unspecified atom stereocenters. The zero-order valence-corrected chi connectivity index (χ0v) is 6.53. The minimum absolute atomic E-state index is 0.994. The second kappa shape index (κ2) is 2.66. The Morgan fingerprint density at radius 3 is 3.20 bits per heavy atom. The van der Waals surface area contributed by atoms with Crippen molar-refractivity contribution in [2.24, 2.45) is 5.92 Å². The van der Waals surface area contributed by atoms with Crippen LogP contribution in [0.25, 0.3) is 0 Å². The molecular formula is C7H10N2S. The van der Waals surface area contributed by atoms with Gasteiger partial charge in [-0.15, -0.1) is 11.8 Å². The summed E-state index contributed by atoms with van der Waals surface area (Å²) in [6, 6.07) is 2.02. The molecule has 1 heterocycles. The van der Waals surface area contributed by atoms with Crippen molar-refractivity contribution in [1.29, 1.82) is 0 Å². The Hall–Kier alpha value is -0.440. The number of aromatic nitrogens is 2. The molecule has 1 fully saturated rings. The van der Waals surface area contributed by atoms with Gasteiger partial charge in [0, 0.05) is 11.9 Å². The molecule has 0 atom stereocenters. The normalized spacial score (nSPS) is 17.6. The van der Waals surface area contributed by atoms with Crippen molar-refractivity contribution in [2.45, 2.75) is 17.9 Å². The molecule has 0 spiro atoms. The first-order valence-corrected chi connectivity index (χ1v) is 4.56. The highest BCUT2D eigenvalue weighted by atomic mass is 32.2. The summed E-state index contributed by atoms with van der Waals surface area (Å²) in [6.07, 6.45) is 4.66. The third-order valence-electron chi connectivity index (χ3n) is 1.65. The molecular weight excluding hydrogens is 144 g/mol. The van der Waals surface area contributed by atoms with Crippen LogP contribution in [0.15, 0.2) is 17.3 Å². The smallest absolute Gasteiger partial charge is 0.0907 e. The Balaban J connectivity index is 1.79. The van der Waals surface area contributed by atoms with Crippen LogP contribution in [-0.2, 0) is 0 Å². The minimum atomic E-state index is 0.994. The van der Waals surface area contributed by atoms with E-state index in [9.17, 15) is 0 Å². The average Bonchev–Trinajstić information content (AvgIpc) is 2.63. The average molecular weight is 154 g/mol. The summed E-state index contributed by atoms with van der Waals surface area (Å²) < 4.78 is 0. The molecule has 2 nitrogen and oxygen atoms in total. The molecule has 1 aromatic rings. The maximum absolute atomic E-state index is 3.87. The van der Waals surface area contributed by atoms with Crippen molar-refractivity contribution in [3.63, 3.8) is 0 Å². The lowest BCUT2D eigenvalue weighted by molar-refractivity contribution is 0.975. The maximum atomic E-state index is 3.87. The first-order chi connectivity index (χ1) is 4.95. The first kappa shape index (κ1) is 6.28. The molecule has 1 aromatic heterocycles. The van der Waals surface area contributed by atoms with Crippen LogP contribution in [0.2, 0.25) is 0 Å². The van der Waals surface area contributed by atoms with Crippen molar-refractivity contribution in [2.75, 3.05) is 5.75 Å². The summed E-state index contributed by atoms with van der Waals surface area (Å²) in [5, 5.41) is 8.01. The van der Waals surface area contributed by atoms with Crippen molar-refractivity contribution in [3.05, 3.63) is 12.3 Å². The summed E-state index contributed by atoms with van der Waals surface area (Å²) in [6.45, 7) is 0. The zero-order valence-electron chi connectivity index (χ0n) is 5.71. The Labute approximate surface area is 64.4 Å². The van der Waals surface area contributed by atoms with E-state index >= 15 is 0 Å². The number of rotatable bonds is 3. The van der Waals surface area contributed by atoms with Crippen LogP contribution < -0.4 is 0 Å². The highest BCUT2D eigenvalue weighted by Crippen LogP contribution is 2.34. The molecule has 0 saturated heterocycles. The van der Waals surface area contributed by atoms with Gasteiger partial charge in [0.2, 0.25) is 0 Å². The second-order valence-electron chi connectivity index (χ2n) is 2.68. The van der Waals surface area contributed by atoms with Crippen molar-refractivity contribution in [1.82, 2.24) is 10.2 Å². The van der Waals surface area contributed by atoms with Gasteiger partial charge in [-0.2, -0.15) is 5.10 Å². The predicted octanol–water partition coefficient (Wildman–Crippen LogP) is 1.91. The largest absolute Gasteiger partial charge is 0.272 e. The van der Waals surface area contributed by atoms with Gasteiger partial charge in [0.05, 0.1) is 5.03 Å². The van der Waals surface area contributed by atoms with Gasteiger partial charge in [0.25, 0.3) is 0 Å². The SMILES string of the molecule is c1cc(SCC2CC2)[nH]n1. The second-order valence-corrected chi connectivity index (χ2v) is 3.74. The molecule has 3 heteroatoms. The summed E-state index contributed by atoms with van der Waals surface area (Å²) in [7, 11) is 0. The van der Waals surface area contributed by atoms with Crippen LogP contribution in [0.1, 0.15) is 12.8 Å². The van der Waals surface area contributed by atoms with E-state index in [1.165, 1.54) is 23.6 Å². The lowest BCUT2D eigenvalue weighted by Gasteiger charge is -1.92. The number of hydrogen-bond acceptors (Lipinski definition) is 2. The van der Waals surface area contributed by atoms with Gasteiger partial charge in [-0.1, -0.05) is 0 Å². The summed E-state index contributed by atoms with van der Waals surface area (Å²) in [5.74, 6) is 2.26. The third-order valence-corrected chi connectivity index (χ3v) is 2.82. The molecule has 10 heavy (non-hydrogen) atoms. The van der Waals surface area contributed by atoms with Crippen LogP contribution >= 0.6 is 11.8 Å². The molecule has 0 aliphatic heterocycles. The van der Waals surface area contributed by atoms with E-state index < -0.39 is 0 Å². The van der Waals surface area contributed by atoms with Gasteiger partial charge in [0.1, 0.15) is 0 Å². The van der Waals surface area contributed by atoms with E-state index in [1.807, 2.05) is 17.8 Å². The zero-order chi connectivity index (χ0) is 6.81. The molecule has 1 aliphatic carbocycles. The lowest BCUT2D eigenvalue weighted by Crippen LogP contribution is -1.80. The standard InChI is InChI=1S/C7H10N2S/c1-2-6(1)5-10-7-3-4-8-9-7/h3-4,6H,1-2,5H2,(H,8,9). The molecule has 1 N–H and O–H groups in total. The van der Waals surface area contributed by atoms with Gasteiger partial charge in [-0.3, -0.25) is 5.10 Å². The minimum Gasteiger partial charge on any atom is -0.272 e. The van der Waals surface area contributed by atoms with E-state index in [2.05, 4.69) is 10.2 Å². The first-order valence-electron chi connectivity index (χ1n) is 3.57. The summed E-state index contributed by atoms with van der Waals surface area (Å²) in [4.78, 5) is 0. The Morgan fingerprint density at radius 1 is 1.70 bits per heavy atom. The Bertz CT molecular complexity index is 191. The molecule has 1 aliphatic rings. The highest BCUT2D eigenvalue weighted by Gasteiger charge is 2.21. The van der Waals surface area contributed by atoms with Gasteiger partial charge in [-0.05, 0) is 24.8 Å². The van der Waals surface area contributed by atoms with Crippen molar-refractivity contribution < 1.29 is 0 Å². The Kier molecular flexibility index (Phi) is 1.67. The number of thioether (sulfide) groups is 1. The molecule has 54 valence electrons. The monoisotopic (exact) mass is 154 g/mol. The van der Waals surface area contributed by atoms with E-state index in [0.29, 0.717) is 0 Å². The topological polar surface area (TPSA) is 28.7 Å². The molecule has 2 rings (SSSR count). The molecule has 0 radical (unpaired) electrons. The fourth-order valence-electron chi connectivity index (χ4n) is 0.816. The third kappa shape index (κ3) is 1.53. The maximum Gasteiger partial charge on any atom is 0.0907 e.